The van der Waals surface area contributed by atoms with Crippen molar-refractivity contribution in [2.75, 3.05) is 39.5 Å². The normalized spacial score (nSPS) is 14.4. The van der Waals surface area contributed by atoms with Crippen LogP contribution in [0.2, 0.25) is 0 Å². The lowest BCUT2D eigenvalue weighted by Gasteiger charge is -2.11. The maximum Gasteiger partial charge on any atom is 0.246 e. The SMILES string of the molecule is O=C(COCCOc1ccccc1)NCC(=O)NC1CNNC1. The molecule has 0 atom stereocenters. The molecule has 8 heteroatoms. The van der Waals surface area contributed by atoms with E-state index in [1.807, 2.05) is 30.3 Å². The molecule has 8 nitrogen and oxygen atoms in total. The molecule has 0 unspecified atom stereocenters. The van der Waals surface area contributed by atoms with Crippen LogP contribution >= 0.6 is 0 Å². The molecule has 0 aliphatic carbocycles. The van der Waals surface area contributed by atoms with E-state index in [1.54, 1.807) is 0 Å². The lowest BCUT2D eigenvalue weighted by atomic mass is 10.3. The molecule has 1 aromatic carbocycles. The van der Waals surface area contributed by atoms with Gasteiger partial charge in [0.15, 0.2) is 0 Å². The molecular weight excluding hydrogens is 300 g/mol. The van der Waals surface area contributed by atoms with E-state index in [0.717, 1.165) is 5.75 Å². The quantitative estimate of drug-likeness (QED) is 0.426. The number of amides is 2. The van der Waals surface area contributed by atoms with Crippen LogP contribution in [0.15, 0.2) is 30.3 Å². The lowest BCUT2D eigenvalue weighted by Crippen LogP contribution is -2.44. The third kappa shape index (κ3) is 7.09. The standard InChI is InChI=1S/C15H22N4O4/c20-14(19-12-8-17-18-9-12)10-16-15(21)11-22-6-7-23-13-4-2-1-3-5-13/h1-5,12,17-18H,6-11H2,(H,16,21)(H,19,20). The van der Waals surface area contributed by atoms with E-state index < -0.39 is 0 Å². The van der Waals surface area contributed by atoms with E-state index >= 15 is 0 Å². The Kier molecular flexibility index (Phi) is 7.31. The van der Waals surface area contributed by atoms with Gasteiger partial charge < -0.3 is 20.1 Å². The number of ether oxygens (including phenoxy) is 2. The first-order valence-electron chi connectivity index (χ1n) is 7.51. The van der Waals surface area contributed by atoms with Crippen molar-refractivity contribution >= 4 is 11.8 Å². The zero-order valence-electron chi connectivity index (χ0n) is 12.8. The second-order valence-electron chi connectivity index (χ2n) is 5.02. The first kappa shape index (κ1) is 17.2. The molecule has 2 amide bonds. The topological polar surface area (TPSA) is 101 Å². The largest absolute Gasteiger partial charge is 0.491 e. The van der Waals surface area contributed by atoms with Gasteiger partial charge in [-0.2, -0.15) is 0 Å². The molecule has 1 heterocycles. The third-order valence-electron chi connectivity index (χ3n) is 3.11. The number of hydrogen-bond donors (Lipinski definition) is 4. The van der Waals surface area contributed by atoms with Crippen molar-refractivity contribution in [3.63, 3.8) is 0 Å². The Labute approximate surface area is 134 Å². The van der Waals surface area contributed by atoms with Crippen LogP contribution in [-0.4, -0.2) is 57.3 Å². The van der Waals surface area contributed by atoms with E-state index in [-0.39, 0.29) is 31.0 Å². The molecule has 2 rings (SSSR count). The Balaban J connectivity index is 1.47. The fraction of sp³-hybridized carbons (Fsp3) is 0.467. The number of benzene rings is 1. The Morgan fingerprint density at radius 3 is 2.57 bits per heavy atom. The zero-order valence-corrected chi connectivity index (χ0v) is 12.8. The lowest BCUT2D eigenvalue weighted by molar-refractivity contribution is -0.129. The third-order valence-corrected chi connectivity index (χ3v) is 3.11. The molecular formula is C15H22N4O4. The fourth-order valence-corrected chi connectivity index (χ4v) is 1.97. The van der Waals surface area contributed by atoms with Crippen LogP contribution in [0.1, 0.15) is 0 Å². The van der Waals surface area contributed by atoms with E-state index in [2.05, 4.69) is 21.5 Å². The summed E-state index contributed by atoms with van der Waals surface area (Å²) >= 11 is 0. The molecule has 0 aromatic heterocycles. The number of hydrazine groups is 1. The van der Waals surface area contributed by atoms with Crippen molar-refractivity contribution in [1.29, 1.82) is 0 Å². The van der Waals surface area contributed by atoms with Crippen LogP contribution in [-0.2, 0) is 14.3 Å². The zero-order chi connectivity index (χ0) is 16.3. The van der Waals surface area contributed by atoms with Crippen molar-refractivity contribution in [3.05, 3.63) is 30.3 Å². The second kappa shape index (κ2) is 9.78. The van der Waals surface area contributed by atoms with Crippen LogP contribution in [0.3, 0.4) is 0 Å². The highest BCUT2D eigenvalue weighted by molar-refractivity contribution is 5.85. The van der Waals surface area contributed by atoms with Crippen molar-refractivity contribution in [3.8, 4) is 5.75 Å². The number of carbonyl (C=O) groups is 2. The summed E-state index contributed by atoms with van der Waals surface area (Å²) in [4.78, 5) is 23.1. The summed E-state index contributed by atoms with van der Waals surface area (Å²) in [7, 11) is 0. The van der Waals surface area contributed by atoms with Gasteiger partial charge in [0, 0.05) is 13.1 Å². The Bertz CT molecular complexity index is 492. The van der Waals surface area contributed by atoms with Crippen LogP contribution in [0.5, 0.6) is 5.75 Å². The molecule has 1 fully saturated rings. The van der Waals surface area contributed by atoms with Crippen molar-refractivity contribution < 1.29 is 19.1 Å². The van der Waals surface area contributed by atoms with Gasteiger partial charge in [-0.3, -0.25) is 20.4 Å². The van der Waals surface area contributed by atoms with Crippen LogP contribution in [0, 0.1) is 0 Å². The number of rotatable bonds is 9. The Morgan fingerprint density at radius 1 is 1.09 bits per heavy atom. The number of para-hydroxylation sites is 1. The Hall–Kier alpha value is -2.16. The van der Waals surface area contributed by atoms with E-state index in [0.29, 0.717) is 26.3 Å². The minimum atomic E-state index is -0.331. The molecule has 126 valence electrons. The van der Waals surface area contributed by atoms with E-state index in [1.165, 1.54) is 0 Å². The molecule has 1 saturated heterocycles. The molecule has 0 saturated carbocycles. The van der Waals surface area contributed by atoms with Crippen LogP contribution < -0.4 is 26.2 Å². The monoisotopic (exact) mass is 322 g/mol. The van der Waals surface area contributed by atoms with Gasteiger partial charge in [0.1, 0.15) is 19.0 Å². The molecule has 1 aliphatic rings. The summed E-state index contributed by atoms with van der Waals surface area (Å²) < 4.78 is 10.6. The van der Waals surface area contributed by atoms with Crippen molar-refractivity contribution in [1.82, 2.24) is 21.5 Å². The number of nitrogens with one attached hydrogen (secondary N) is 4. The minimum Gasteiger partial charge on any atom is -0.491 e. The average molecular weight is 322 g/mol. The average Bonchev–Trinajstić information content (AvgIpc) is 3.06. The summed E-state index contributed by atoms with van der Waals surface area (Å²) in [6.45, 7) is 1.85. The van der Waals surface area contributed by atoms with E-state index in [4.69, 9.17) is 9.47 Å². The first-order chi connectivity index (χ1) is 11.2. The van der Waals surface area contributed by atoms with Gasteiger partial charge in [-0.05, 0) is 12.1 Å². The minimum absolute atomic E-state index is 0.0470. The summed E-state index contributed by atoms with van der Waals surface area (Å²) in [5.74, 6) is 0.205. The molecule has 0 spiro atoms. The maximum absolute atomic E-state index is 11.6. The second-order valence-corrected chi connectivity index (χ2v) is 5.02. The highest BCUT2D eigenvalue weighted by atomic mass is 16.5. The fourth-order valence-electron chi connectivity index (χ4n) is 1.97. The first-order valence-corrected chi connectivity index (χ1v) is 7.51. The Morgan fingerprint density at radius 2 is 1.83 bits per heavy atom. The van der Waals surface area contributed by atoms with Gasteiger partial charge in [-0.1, -0.05) is 18.2 Å². The molecule has 23 heavy (non-hydrogen) atoms. The molecule has 0 radical (unpaired) electrons. The van der Waals surface area contributed by atoms with Gasteiger partial charge in [0.2, 0.25) is 11.8 Å². The van der Waals surface area contributed by atoms with Gasteiger partial charge >= 0.3 is 0 Å². The maximum atomic E-state index is 11.6. The smallest absolute Gasteiger partial charge is 0.246 e. The van der Waals surface area contributed by atoms with Gasteiger partial charge in [-0.25, -0.2) is 0 Å². The predicted molar refractivity (Wildman–Crippen MR) is 83.7 cm³/mol. The van der Waals surface area contributed by atoms with Gasteiger partial charge in [-0.15, -0.1) is 0 Å². The highest BCUT2D eigenvalue weighted by Gasteiger charge is 2.16. The van der Waals surface area contributed by atoms with Crippen molar-refractivity contribution in [2.45, 2.75) is 6.04 Å². The predicted octanol–water partition coefficient (Wildman–Crippen LogP) is -1.21. The number of hydrogen-bond acceptors (Lipinski definition) is 6. The molecule has 1 aromatic rings. The summed E-state index contributed by atoms with van der Waals surface area (Å²) in [5.41, 5.74) is 5.82. The molecule has 1 aliphatic heterocycles. The van der Waals surface area contributed by atoms with E-state index in [9.17, 15) is 9.59 Å². The van der Waals surface area contributed by atoms with Crippen LogP contribution in [0.4, 0.5) is 0 Å². The van der Waals surface area contributed by atoms with Gasteiger partial charge in [0.05, 0.1) is 19.2 Å². The van der Waals surface area contributed by atoms with Crippen molar-refractivity contribution in [2.24, 2.45) is 0 Å². The summed E-state index contributed by atoms with van der Waals surface area (Å²) in [6, 6.07) is 9.41. The molecule has 4 N–H and O–H groups in total. The molecule has 0 bridgehead atoms. The van der Waals surface area contributed by atoms with Crippen LogP contribution in [0.25, 0.3) is 0 Å². The summed E-state index contributed by atoms with van der Waals surface area (Å²) in [6.07, 6.45) is 0. The summed E-state index contributed by atoms with van der Waals surface area (Å²) in [5, 5.41) is 5.30. The van der Waals surface area contributed by atoms with Gasteiger partial charge in [0.25, 0.3) is 0 Å². The number of carbonyl (C=O) groups excluding carboxylic acids is 2. The highest BCUT2D eigenvalue weighted by Crippen LogP contribution is 2.07.